The Bertz CT molecular complexity index is 1200. The molecule has 32 heavy (non-hydrogen) atoms. The van der Waals surface area contributed by atoms with Crippen LogP contribution < -0.4 is 4.74 Å². The Morgan fingerprint density at radius 3 is 2.31 bits per heavy atom. The van der Waals surface area contributed by atoms with Crippen LogP contribution in [0.5, 0.6) is 5.75 Å². The zero-order chi connectivity index (χ0) is 22.6. The molecule has 0 N–H and O–H groups in total. The Labute approximate surface area is 191 Å². The van der Waals surface area contributed by atoms with E-state index in [1.165, 1.54) is 5.56 Å². The fraction of sp³-hybridized carbons (Fsp3) is 0.167. The molecule has 0 aliphatic heterocycles. The lowest BCUT2D eigenvalue weighted by Gasteiger charge is -2.25. The van der Waals surface area contributed by atoms with Crippen molar-refractivity contribution in [3.63, 3.8) is 0 Å². The summed E-state index contributed by atoms with van der Waals surface area (Å²) in [4.78, 5) is 4.46. The number of nitrogens with zero attached hydrogens (tertiary/aromatic N) is 1. The van der Waals surface area contributed by atoms with Crippen LogP contribution in [-0.4, -0.2) is 4.98 Å². The van der Waals surface area contributed by atoms with E-state index < -0.39 is 0 Å². The van der Waals surface area contributed by atoms with Gasteiger partial charge in [0.2, 0.25) is 0 Å². The van der Waals surface area contributed by atoms with Crippen LogP contribution in [0.25, 0.3) is 16.7 Å². The van der Waals surface area contributed by atoms with E-state index in [9.17, 15) is 0 Å². The van der Waals surface area contributed by atoms with E-state index in [-0.39, 0.29) is 5.41 Å². The molecule has 160 valence electrons. The van der Waals surface area contributed by atoms with Gasteiger partial charge in [0.05, 0.1) is 5.69 Å². The molecule has 0 aliphatic rings. The van der Waals surface area contributed by atoms with Crippen molar-refractivity contribution >= 4 is 5.57 Å². The minimum atomic E-state index is -0.0444. The average Bonchev–Trinajstić information content (AvgIpc) is 2.83. The third kappa shape index (κ3) is 4.81. The van der Waals surface area contributed by atoms with Gasteiger partial charge in [-0.2, -0.15) is 0 Å². The van der Waals surface area contributed by atoms with Gasteiger partial charge in [0.1, 0.15) is 12.4 Å². The zero-order valence-electron chi connectivity index (χ0n) is 19.0. The van der Waals surface area contributed by atoms with E-state index in [4.69, 9.17) is 4.74 Å². The van der Waals surface area contributed by atoms with Crippen LogP contribution in [0.3, 0.4) is 0 Å². The quantitative estimate of drug-likeness (QED) is 0.320. The zero-order valence-corrected chi connectivity index (χ0v) is 19.0. The molecule has 1 heterocycles. The summed E-state index contributed by atoms with van der Waals surface area (Å²) < 4.78 is 6.49. The van der Waals surface area contributed by atoms with Crippen LogP contribution in [0, 0.1) is 0 Å². The predicted octanol–water partition coefficient (Wildman–Crippen LogP) is 7.69. The topological polar surface area (TPSA) is 22.1 Å². The highest BCUT2D eigenvalue weighted by Gasteiger charge is 2.22. The number of rotatable bonds is 6. The number of hydrogen-bond donors (Lipinski definition) is 0. The second-order valence-electron chi connectivity index (χ2n) is 8.98. The largest absolute Gasteiger partial charge is 0.488 e. The number of benzene rings is 3. The minimum absolute atomic E-state index is 0.0444. The summed E-state index contributed by atoms with van der Waals surface area (Å²) in [5.41, 5.74) is 7.34. The summed E-state index contributed by atoms with van der Waals surface area (Å²) in [5.74, 6) is 0.935. The van der Waals surface area contributed by atoms with E-state index in [1.54, 1.807) is 6.20 Å². The van der Waals surface area contributed by atoms with Gasteiger partial charge in [-0.1, -0.05) is 100 Å². The molecular formula is C30H29NO. The second-order valence-corrected chi connectivity index (χ2v) is 8.98. The maximum atomic E-state index is 6.49. The van der Waals surface area contributed by atoms with Crippen molar-refractivity contribution in [1.82, 2.24) is 4.98 Å². The number of aromatic nitrogens is 1. The molecule has 0 aliphatic carbocycles. The Balaban J connectivity index is 1.75. The Hall–Kier alpha value is -3.65. The fourth-order valence-corrected chi connectivity index (χ4v) is 3.80. The third-order valence-electron chi connectivity index (χ3n) is 5.55. The average molecular weight is 420 g/mol. The fourth-order valence-electron chi connectivity index (χ4n) is 3.80. The van der Waals surface area contributed by atoms with E-state index in [0.717, 1.165) is 39.3 Å². The molecule has 2 nitrogen and oxygen atoms in total. The first-order chi connectivity index (χ1) is 15.4. The Kier molecular flexibility index (Phi) is 6.23. The van der Waals surface area contributed by atoms with Crippen LogP contribution in [-0.2, 0) is 12.0 Å². The molecule has 0 radical (unpaired) electrons. The van der Waals surface area contributed by atoms with Gasteiger partial charge in [0, 0.05) is 22.9 Å². The number of hydrogen-bond acceptors (Lipinski definition) is 2. The molecule has 4 rings (SSSR count). The molecule has 0 amide bonds. The van der Waals surface area contributed by atoms with Crippen LogP contribution >= 0.6 is 0 Å². The molecule has 3 aromatic carbocycles. The van der Waals surface area contributed by atoms with Gasteiger partial charge in [-0.25, -0.2) is 0 Å². The smallest absolute Gasteiger partial charge is 0.131 e. The first-order valence-electron chi connectivity index (χ1n) is 10.9. The van der Waals surface area contributed by atoms with Crippen molar-refractivity contribution in [2.75, 3.05) is 0 Å². The third-order valence-corrected chi connectivity index (χ3v) is 5.55. The molecular weight excluding hydrogens is 390 g/mol. The van der Waals surface area contributed by atoms with Crippen molar-refractivity contribution < 1.29 is 4.74 Å². The number of para-hydroxylation sites is 1. The normalized spacial score (nSPS) is 11.2. The highest BCUT2D eigenvalue weighted by atomic mass is 16.5. The minimum Gasteiger partial charge on any atom is -0.488 e. The lowest BCUT2D eigenvalue weighted by atomic mass is 9.84. The molecule has 0 saturated carbocycles. The van der Waals surface area contributed by atoms with Gasteiger partial charge in [-0.3, -0.25) is 4.98 Å². The highest BCUT2D eigenvalue weighted by molar-refractivity contribution is 5.81. The summed E-state index contributed by atoms with van der Waals surface area (Å²) >= 11 is 0. The molecule has 2 heteroatoms. The van der Waals surface area contributed by atoms with Crippen molar-refractivity contribution in [3.05, 3.63) is 126 Å². The van der Waals surface area contributed by atoms with Crippen molar-refractivity contribution in [2.24, 2.45) is 0 Å². The van der Waals surface area contributed by atoms with Crippen LogP contribution in [0.15, 0.2) is 104 Å². The Morgan fingerprint density at radius 1 is 0.844 bits per heavy atom. The standard InChI is InChI=1S/C30H29NO/c1-22(28-18-8-9-19-31-28)24-14-10-15-25(20-24)26-16-11-17-27(30(2,3)4)29(26)32-21-23-12-6-5-7-13-23/h5-20H,1,21H2,2-4H3. The molecule has 1 aromatic heterocycles. The summed E-state index contributed by atoms with van der Waals surface area (Å²) in [6.07, 6.45) is 1.80. The summed E-state index contributed by atoms with van der Waals surface area (Å²) in [6.45, 7) is 11.5. The van der Waals surface area contributed by atoms with Gasteiger partial charge in [0.25, 0.3) is 0 Å². The predicted molar refractivity (Wildman–Crippen MR) is 134 cm³/mol. The second kappa shape index (κ2) is 9.23. The van der Waals surface area contributed by atoms with E-state index in [2.05, 4.69) is 86.9 Å². The lowest BCUT2D eigenvalue weighted by Crippen LogP contribution is -2.14. The number of pyridine rings is 1. The van der Waals surface area contributed by atoms with Crippen LogP contribution in [0.2, 0.25) is 0 Å². The maximum absolute atomic E-state index is 6.49. The number of ether oxygens (including phenoxy) is 1. The van der Waals surface area contributed by atoms with Gasteiger partial charge in [-0.05, 0) is 40.3 Å². The van der Waals surface area contributed by atoms with Gasteiger partial charge in [0.15, 0.2) is 0 Å². The lowest BCUT2D eigenvalue weighted by molar-refractivity contribution is 0.299. The first kappa shape index (κ1) is 21.6. The van der Waals surface area contributed by atoms with Gasteiger partial charge >= 0.3 is 0 Å². The summed E-state index contributed by atoms with van der Waals surface area (Å²) in [7, 11) is 0. The highest BCUT2D eigenvalue weighted by Crippen LogP contribution is 2.40. The van der Waals surface area contributed by atoms with Crippen molar-refractivity contribution in [3.8, 4) is 16.9 Å². The summed E-state index contributed by atoms with van der Waals surface area (Å²) in [6, 6.07) is 31.1. The van der Waals surface area contributed by atoms with Crippen molar-refractivity contribution in [1.29, 1.82) is 0 Å². The van der Waals surface area contributed by atoms with Crippen molar-refractivity contribution in [2.45, 2.75) is 32.8 Å². The van der Waals surface area contributed by atoms with Crippen LogP contribution in [0.1, 0.15) is 43.2 Å². The van der Waals surface area contributed by atoms with Gasteiger partial charge in [-0.15, -0.1) is 0 Å². The van der Waals surface area contributed by atoms with Crippen LogP contribution in [0.4, 0.5) is 0 Å². The molecule has 0 atom stereocenters. The molecule has 0 unspecified atom stereocenters. The molecule has 0 fully saturated rings. The SMILES string of the molecule is C=C(c1cccc(-c2cccc(C(C)(C)C)c2OCc2ccccc2)c1)c1ccccn1. The first-order valence-corrected chi connectivity index (χ1v) is 10.9. The monoisotopic (exact) mass is 419 g/mol. The summed E-state index contributed by atoms with van der Waals surface area (Å²) in [5, 5.41) is 0. The van der Waals surface area contributed by atoms with E-state index in [0.29, 0.717) is 6.61 Å². The van der Waals surface area contributed by atoms with Gasteiger partial charge < -0.3 is 4.74 Å². The van der Waals surface area contributed by atoms with E-state index in [1.807, 2.05) is 36.4 Å². The Morgan fingerprint density at radius 2 is 1.59 bits per heavy atom. The molecule has 0 spiro atoms. The molecule has 0 bridgehead atoms. The molecule has 0 saturated heterocycles. The maximum Gasteiger partial charge on any atom is 0.131 e. The molecule has 4 aromatic rings. The van der Waals surface area contributed by atoms with E-state index >= 15 is 0 Å².